The summed E-state index contributed by atoms with van der Waals surface area (Å²) < 4.78 is 47.0. The molecule has 0 saturated carbocycles. The highest BCUT2D eigenvalue weighted by molar-refractivity contribution is 5.47. The van der Waals surface area contributed by atoms with Crippen molar-refractivity contribution in [2.45, 2.75) is 44.6 Å². The van der Waals surface area contributed by atoms with Crippen LogP contribution in [0.4, 0.5) is 19.0 Å². The quantitative estimate of drug-likeness (QED) is 0.632. The van der Waals surface area contributed by atoms with Crippen molar-refractivity contribution in [2.75, 3.05) is 18.1 Å². The predicted molar refractivity (Wildman–Crippen MR) is 98.0 cm³/mol. The lowest BCUT2D eigenvalue weighted by Crippen LogP contribution is -2.38. The number of fused-ring (bicyclic) bond motifs is 2. The number of hydrogen-bond acceptors (Lipinski definition) is 7. The van der Waals surface area contributed by atoms with Gasteiger partial charge in [-0.2, -0.15) is 22.8 Å². The summed E-state index contributed by atoms with van der Waals surface area (Å²) in [6.07, 6.45) is -2.38. The number of aromatic nitrogens is 6. The van der Waals surface area contributed by atoms with Gasteiger partial charge in [0, 0.05) is 24.6 Å². The van der Waals surface area contributed by atoms with E-state index < -0.39 is 12.0 Å². The molecule has 0 aliphatic carbocycles. The van der Waals surface area contributed by atoms with Crippen molar-refractivity contribution in [3.63, 3.8) is 0 Å². The van der Waals surface area contributed by atoms with Crippen molar-refractivity contribution in [2.24, 2.45) is 0 Å². The summed E-state index contributed by atoms with van der Waals surface area (Å²) in [4.78, 5) is 14.4. The first-order valence-electron chi connectivity index (χ1n) is 9.64. The normalized spacial score (nSPS) is 19.4. The first-order valence-corrected chi connectivity index (χ1v) is 9.64. The molecule has 0 N–H and O–H groups in total. The second-order valence-corrected chi connectivity index (χ2v) is 7.41. The summed E-state index contributed by atoms with van der Waals surface area (Å²) in [5.74, 6) is -0.778. The summed E-state index contributed by atoms with van der Waals surface area (Å²) >= 11 is 0. The zero-order valence-corrected chi connectivity index (χ0v) is 15.8. The van der Waals surface area contributed by atoms with E-state index in [4.69, 9.17) is 4.74 Å². The van der Waals surface area contributed by atoms with E-state index in [0.29, 0.717) is 43.1 Å². The maximum Gasteiger partial charge on any atom is 0.453 e. The summed E-state index contributed by atoms with van der Waals surface area (Å²) in [6.45, 7) is 1.91. The Kier molecular flexibility index (Phi) is 4.45. The molecule has 1 fully saturated rings. The molecule has 0 bridgehead atoms. The number of anilines is 1. The van der Waals surface area contributed by atoms with Gasteiger partial charge in [0.05, 0.1) is 31.5 Å². The van der Waals surface area contributed by atoms with Crippen LogP contribution in [0, 0.1) is 0 Å². The van der Waals surface area contributed by atoms with E-state index in [1.54, 1.807) is 12.1 Å². The van der Waals surface area contributed by atoms with E-state index in [-0.39, 0.29) is 17.2 Å². The van der Waals surface area contributed by atoms with E-state index in [9.17, 15) is 18.0 Å². The summed E-state index contributed by atoms with van der Waals surface area (Å²) in [5.41, 5.74) is 1.47. The number of ether oxygens (including phenoxy) is 1. The molecular formula is C18H18F3N7O2. The average molecular weight is 421 g/mol. The molecule has 2 aliphatic rings. The van der Waals surface area contributed by atoms with Gasteiger partial charge in [0.2, 0.25) is 0 Å². The van der Waals surface area contributed by atoms with Crippen molar-refractivity contribution < 1.29 is 17.9 Å². The number of rotatable bonds is 3. The van der Waals surface area contributed by atoms with Gasteiger partial charge < -0.3 is 9.64 Å². The zero-order chi connectivity index (χ0) is 20.9. The molecule has 0 aromatic carbocycles. The van der Waals surface area contributed by atoms with Crippen LogP contribution in [0.2, 0.25) is 0 Å². The number of hydrogen-bond donors (Lipinski definition) is 0. The first kappa shape index (κ1) is 19.0. The standard InChI is InChI=1S/C18H18F3N7O2/c19-18(20,21)17-23-22-14-3-4-15(25-28(14)17)26-6-1-2-12(26)9-27-16(29)8-11-10-30-7-5-13(11)24-27/h3-4,8,12H,1-2,5-7,9-10H2. The molecule has 5 rings (SSSR count). The summed E-state index contributed by atoms with van der Waals surface area (Å²) in [7, 11) is 0. The smallest absolute Gasteiger partial charge is 0.376 e. The molecule has 2 aliphatic heterocycles. The van der Waals surface area contributed by atoms with Crippen molar-refractivity contribution >= 4 is 11.5 Å². The molecule has 0 amide bonds. The Morgan fingerprint density at radius 2 is 2.07 bits per heavy atom. The van der Waals surface area contributed by atoms with Crippen LogP contribution < -0.4 is 10.5 Å². The lowest BCUT2D eigenvalue weighted by atomic mass is 10.1. The average Bonchev–Trinajstić information content (AvgIpc) is 3.34. The summed E-state index contributed by atoms with van der Waals surface area (Å²) in [6, 6.07) is 4.54. The van der Waals surface area contributed by atoms with E-state index in [1.165, 1.54) is 10.7 Å². The molecule has 158 valence electrons. The van der Waals surface area contributed by atoms with E-state index in [1.807, 2.05) is 4.90 Å². The maximum atomic E-state index is 13.2. The molecule has 3 aromatic heterocycles. The minimum atomic E-state index is -4.65. The Labute approximate surface area is 168 Å². The Morgan fingerprint density at radius 1 is 1.20 bits per heavy atom. The number of alkyl halides is 3. The van der Waals surface area contributed by atoms with Crippen LogP contribution in [0.3, 0.4) is 0 Å². The Hall–Kier alpha value is -3.02. The third-order valence-electron chi connectivity index (χ3n) is 5.46. The van der Waals surface area contributed by atoms with Gasteiger partial charge in [-0.1, -0.05) is 0 Å². The second-order valence-electron chi connectivity index (χ2n) is 7.41. The highest BCUT2D eigenvalue weighted by atomic mass is 19.4. The second kappa shape index (κ2) is 7.04. The van der Waals surface area contributed by atoms with Gasteiger partial charge >= 0.3 is 6.18 Å². The van der Waals surface area contributed by atoms with Crippen molar-refractivity contribution in [3.8, 4) is 0 Å². The molecule has 12 heteroatoms. The Bertz CT molecular complexity index is 1160. The van der Waals surface area contributed by atoms with Crippen molar-refractivity contribution in [1.82, 2.24) is 29.6 Å². The molecular weight excluding hydrogens is 403 g/mol. The molecule has 1 atom stereocenters. The first-order chi connectivity index (χ1) is 14.4. The highest BCUT2D eigenvalue weighted by Crippen LogP contribution is 2.29. The fourth-order valence-electron chi connectivity index (χ4n) is 4.02. The van der Waals surface area contributed by atoms with Gasteiger partial charge in [-0.05, 0) is 25.0 Å². The minimum Gasteiger partial charge on any atom is -0.376 e. The fourth-order valence-corrected chi connectivity index (χ4v) is 4.02. The van der Waals surface area contributed by atoms with Gasteiger partial charge in [-0.15, -0.1) is 15.3 Å². The molecule has 9 nitrogen and oxygen atoms in total. The van der Waals surface area contributed by atoms with Crippen LogP contribution in [-0.2, 0) is 30.5 Å². The van der Waals surface area contributed by atoms with Gasteiger partial charge in [0.15, 0.2) is 5.65 Å². The highest BCUT2D eigenvalue weighted by Gasteiger charge is 2.38. The Balaban J connectivity index is 1.45. The van der Waals surface area contributed by atoms with Crippen LogP contribution in [0.5, 0.6) is 0 Å². The fraction of sp³-hybridized carbons (Fsp3) is 0.500. The van der Waals surface area contributed by atoms with Crippen LogP contribution >= 0.6 is 0 Å². The molecule has 1 saturated heterocycles. The Morgan fingerprint density at radius 3 is 2.90 bits per heavy atom. The monoisotopic (exact) mass is 421 g/mol. The van der Waals surface area contributed by atoms with Crippen molar-refractivity contribution in [3.05, 3.63) is 45.6 Å². The third-order valence-corrected chi connectivity index (χ3v) is 5.46. The number of halogens is 3. The molecule has 3 aromatic rings. The molecule has 30 heavy (non-hydrogen) atoms. The summed E-state index contributed by atoms with van der Waals surface area (Å²) in [5, 5.41) is 15.4. The zero-order valence-electron chi connectivity index (χ0n) is 15.8. The van der Waals surface area contributed by atoms with Crippen LogP contribution in [0.1, 0.15) is 29.9 Å². The lowest BCUT2D eigenvalue weighted by Gasteiger charge is -2.26. The van der Waals surface area contributed by atoms with Crippen LogP contribution in [-0.4, -0.2) is 48.8 Å². The van der Waals surface area contributed by atoms with Crippen LogP contribution in [0.15, 0.2) is 23.0 Å². The lowest BCUT2D eigenvalue weighted by molar-refractivity contribution is -0.146. The topological polar surface area (TPSA) is 90.4 Å². The van der Waals surface area contributed by atoms with E-state index in [0.717, 1.165) is 24.1 Å². The van der Waals surface area contributed by atoms with Gasteiger partial charge in [-0.25, -0.2) is 4.68 Å². The number of nitrogens with zero attached hydrogens (tertiary/aromatic N) is 7. The third kappa shape index (κ3) is 3.30. The molecule has 0 spiro atoms. The molecule has 5 heterocycles. The molecule has 1 unspecified atom stereocenters. The van der Waals surface area contributed by atoms with E-state index >= 15 is 0 Å². The van der Waals surface area contributed by atoms with Gasteiger partial charge in [-0.3, -0.25) is 4.79 Å². The SMILES string of the molecule is O=c1cc2c(nn1CC1CCCN1c1ccc3nnc(C(F)(F)F)n3n1)CCOC2. The predicted octanol–water partition coefficient (Wildman–Crippen LogP) is 1.44. The molecule has 0 radical (unpaired) electrons. The maximum absolute atomic E-state index is 13.2. The van der Waals surface area contributed by atoms with Crippen LogP contribution in [0.25, 0.3) is 5.65 Å². The van der Waals surface area contributed by atoms with Gasteiger partial charge in [0.1, 0.15) is 5.82 Å². The van der Waals surface area contributed by atoms with Gasteiger partial charge in [0.25, 0.3) is 11.4 Å². The van der Waals surface area contributed by atoms with E-state index in [2.05, 4.69) is 20.4 Å². The minimum absolute atomic E-state index is 0.0246. The van der Waals surface area contributed by atoms with Crippen molar-refractivity contribution in [1.29, 1.82) is 0 Å². The largest absolute Gasteiger partial charge is 0.453 e.